The Morgan fingerprint density at radius 1 is 1.33 bits per heavy atom. The van der Waals surface area contributed by atoms with E-state index in [2.05, 4.69) is 24.2 Å². The van der Waals surface area contributed by atoms with Crippen molar-refractivity contribution in [2.24, 2.45) is 0 Å². The largest absolute Gasteiger partial charge is 0.444 e. The Morgan fingerprint density at radius 2 is 2.00 bits per heavy atom. The fraction of sp³-hybridized carbons (Fsp3) is 0.929. The van der Waals surface area contributed by atoms with Crippen LogP contribution in [0.25, 0.3) is 0 Å². The maximum absolute atomic E-state index is 11.7. The molecule has 1 saturated heterocycles. The van der Waals surface area contributed by atoms with Crippen LogP contribution in [0.15, 0.2) is 0 Å². The molecule has 1 aliphatic heterocycles. The van der Waals surface area contributed by atoms with E-state index in [1.54, 1.807) is 0 Å². The minimum absolute atomic E-state index is 0.0490. The Labute approximate surface area is 111 Å². The van der Waals surface area contributed by atoms with Gasteiger partial charge in [-0.05, 0) is 54.1 Å². The predicted octanol–water partition coefficient (Wildman–Crippen LogP) is 2.78. The smallest absolute Gasteiger partial charge is 0.407 e. The Bertz CT molecular complexity index is 286. The minimum Gasteiger partial charge on any atom is -0.444 e. The van der Waals surface area contributed by atoms with Crippen molar-refractivity contribution in [1.82, 2.24) is 10.2 Å². The molecule has 0 radical (unpaired) electrons. The Balaban J connectivity index is 2.47. The third kappa shape index (κ3) is 4.84. The number of nitrogens with one attached hydrogen (secondary N) is 1. The molecule has 0 aliphatic carbocycles. The highest BCUT2D eigenvalue weighted by Crippen LogP contribution is 2.25. The number of rotatable bonds is 2. The SMILES string of the molecule is CN1CCCCCC1(C)CNC(=O)OC(C)(C)C. The molecule has 0 aromatic carbocycles. The molecular formula is C14H28N2O2. The molecule has 1 rings (SSSR count). The molecular weight excluding hydrogens is 228 g/mol. The number of likely N-dealkylation sites (N-methyl/N-ethyl adjacent to an activating group) is 1. The van der Waals surface area contributed by atoms with Crippen molar-refractivity contribution in [2.75, 3.05) is 20.1 Å². The number of carbonyl (C=O) groups excluding carboxylic acids is 1. The summed E-state index contributed by atoms with van der Waals surface area (Å²) in [6.45, 7) is 9.62. The van der Waals surface area contributed by atoms with Gasteiger partial charge in [-0.2, -0.15) is 0 Å². The van der Waals surface area contributed by atoms with Gasteiger partial charge in [0, 0.05) is 12.1 Å². The molecule has 1 unspecified atom stereocenters. The number of carbonyl (C=O) groups is 1. The van der Waals surface area contributed by atoms with Gasteiger partial charge in [0.25, 0.3) is 0 Å². The highest BCUT2D eigenvalue weighted by molar-refractivity contribution is 5.67. The lowest BCUT2D eigenvalue weighted by atomic mass is 9.94. The van der Waals surface area contributed by atoms with Gasteiger partial charge >= 0.3 is 6.09 Å². The number of alkyl carbamates (subject to hydrolysis) is 1. The summed E-state index contributed by atoms with van der Waals surface area (Å²) >= 11 is 0. The van der Waals surface area contributed by atoms with Crippen molar-refractivity contribution >= 4 is 6.09 Å². The summed E-state index contributed by atoms with van der Waals surface area (Å²) in [6.07, 6.45) is 4.57. The first-order chi connectivity index (χ1) is 8.23. The van der Waals surface area contributed by atoms with E-state index in [1.807, 2.05) is 20.8 Å². The van der Waals surface area contributed by atoms with E-state index in [1.165, 1.54) is 19.3 Å². The van der Waals surface area contributed by atoms with Crippen molar-refractivity contribution in [3.8, 4) is 0 Å². The summed E-state index contributed by atoms with van der Waals surface area (Å²) in [6, 6.07) is 0. The van der Waals surface area contributed by atoms with E-state index >= 15 is 0 Å². The molecule has 18 heavy (non-hydrogen) atoms. The summed E-state index contributed by atoms with van der Waals surface area (Å²) in [5, 5.41) is 2.90. The zero-order chi connectivity index (χ0) is 13.8. The first-order valence-corrected chi connectivity index (χ1v) is 6.91. The average Bonchev–Trinajstić information content (AvgIpc) is 2.38. The molecule has 0 bridgehead atoms. The number of nitrogens with zero attached hydrogens (tertiary/aromatic N) is 1. The predicted molar refractivity (Wildman–Crippen MR) is 73.7 cm³/mol. The number of hydrogen-bond acceptors (Lipinski definition) is 3. The van der Waals surface area contributed by atoms with Crippen LogP contribution in [0.3, 0.4) is 0 Å². The lowest BCUT2D eigenvalue weighted by Crippen LogP contribution is -2.52. The van der Waals surface area contributed by atoms with E-state index in [9.17, 15) is 4.79 Å². The number of ether oxygens (including phenoxy) is 1. The van der Waals surface area contributed by atoms with Gasteiger partial charge in [0.2, 0.25) is 0 Å². The zero-order valence-corrected chi connectivity index (χ0v) is 12.5. The van der Waals surface area contributed by atoms with Crippen molar-refractivity contribution in [2.45, 2.75) is 64.5 Å². The quantitative estimate of drug-likeness (QED) is 0.826. The molecule has 0 aromatic heterocycles. The monoisotopic (exact) mass is 256 g/mol. The van der Waals surface area contributed by atoms with Crippen LogP contribution >= 0.6 is 0 Å². The van der Waals surface area contributed by atoms with Gasteiger partial charge in [0.05, 0.1) is 0 Å². The fourth-order valence-electron chi connectivity index (χ4n) is 2.29. The molecule has 1 N–H and O–H groups in total. The van der Waals surface area contributed by atoms with Crippen LogP contribution in [0.5, 0.6) is 0 Å². The highest BCUT2D eigenvalue weighted by atomic mass is 16.6. The van der Waals surface area contributed by atoms with Crippen LogP contribution in [0.2, 0.25) is 0 Å². The first-order valence-electron chi connectivity index (χ1n) is 6.91. The molecule has 4 heteroatoms. The molecule has 1 amide bonds. The third-order valence-corrected chi connectivity index (χ3v) is 3.64. The highest BCUT2D eigenvalue weighted by Gasteiger charge is 2.31. The summed E-state index contributed by atoms with van der Waals surface area (Å²) in [5.41, 5.74) is -0.381. The van der Waals surface area contributed by atoms with Crippen LogP contribution < -0.4 is 5.32 Å². The van der Waals surface area contributed by atoms with Crippen molar-refractivity contribution < 1.29 is 9.53 Å². The van der Waals surface area contributed by atoms with Gasteiger partial charge < -0.3 is 10.1 Å². The molecule has 0 spiro atoms. The second-order valence-corrected chi connectivity index (χ2v) is 6.58. The van der Waals surface area contributed by atoms with E-state index in [-0.39, 0.29) is 11.6 Å². The second kappa shape index (κ2) is 5.91. The van der Waals surface area contributed by atoms with Gasteiger partial charge in [-0.1, -0.05) is 12.8 Å². The lowest BCUT2D eigenvalue weighted by Gasteiger charge is -2.37. The van der Waals surface area contributed by atoms with E-state index in [4.69, 9.17) is 4.74 Å². The van der Waals surface area contributed by atoms with E-state index in [0.717, 1.165) is 13.0 Å². The van der Waals surface area contributed by atoms with Gasteiger partial charge in [-0.3, -0.25) is 4.90 Å². The molecule has 1 fully saturated rings. The van der Waals surface area contributed by atoms with E-state index in [0.29, 0.717) is 6.54 Å². The third-order valence-electron chi connectivity index (χ3n) is 3.64. The number of likely N-dealkylation sites (tertiary alicyclic amines) is 1. The van der Waals surface area contributed by atoms with E-state index < -0.39 is 5.60 Å². The summed E-state index contributed by atoms with van der Waals surface area (Å²) in [4.78, 5) is 14.0. The second-order valence-electron chi connectivity index (χ2n) is 6.58. The Hall–Kier alpha value is -0.770. The normalized spacial score (nSPS) is 26.5. The first kappa shape index (κ1) is 15.3. The lowest BCUT2D eigenvalue weighted by molar-refractivity contribution is 0.0472. The van der Waals surface area contributed by atoms with Crippen molar-refractivity contribution in [3.63, 3.8) is 0 Å². The standard InChI is InChI=1S/C14H28N2O2/c1-13(2,3)18-12(17)15-11-14(4)9-7-6-8-10-16(14)5/h6-11H2,1-5H3,(H,15,17). The van der Waals surface area contributed by atoms with Crippen LogP contribution in [0, 0.1) is 0 Å². The Morgan fingerprint density at radius 3 is 2.61 bits per heavy atom. The molecule has 1 heterocycles. The van der Waals surface area contributed by atoms with Crippen LogP contribution in [0.4, 0.5) is 4.79 Å². The van der Waals surface area contributed by atoms with Gasteiger partial charge in [0.1, 0.15) is 5.60 Å². The van der Waals surface area contributed by atoms with Gasteiger partial charge in [0.15, 0.2) is 0 Å². The Kier molecular flexibility index (Phi) is 5.02. The zero-order valence-electron chi connectivity index (χ0n) is 12.5. The fourth-order valence-corrected chi connectivity index (χ4v) is 2.29. The number of amides is 1. The molecule has 1 aliphatic rings. The molecule has 0 saturated carbocycles. The maximum Gasteiger partial charge on any atom is 0.407 e. The van der Waals surface area contributed by atoms with Gasteiger partial charge in [-0.25, -0.2) is 4.79 Å². The average molecular weight is 256 g/mol. The van der Waals surface area contributed by atoms with Crippen molar-refractivity contribution in [1.29, 1.82) is 0 Å². The molecule has 106 valence electrons. The van der Waals surface area contributed by atoms with Crippen LogP contribution in [-0.2, 0) is 4.74 Å². The maximum atomic E-state index is 11.7. The summed E-state index contributed by atoms with van der Waals surface area (Å²) in [5.74, 6) is 0. The van der Waals surface area contributed by atoms with Gasteiger partial charge in [-0.15, -0.1) is 0 Å². The van der Waals surface area contributed by atoms with Crippen LogP contribution in [-0.4, -0.2) is 42.3 Å². The molecule has 4 nitrogen and oxygen atoms in total. The van der Waals surface area contributed by atoms with Crippen molar-refractivity contribution in [3.05, 3.63) is 0 Å². The molecule has 0 aromatic rings. The number of hydrogen-bond donors (Lipinski definition) is 1. The topological polar surface area (TPSA) is 41.6 Å². The molecule has 1 atom stereocenters. The summed E-state index contributed by atoms with van der Waals surface area (Å²) < 4.78 is 5.27. The van der Waals surface area contributed by atoms with Crippen LogP contribution in [0.1, 0.15) is 53.4 Å². The minimum atomic E-state index is -0.430. The summed E-state index contributed by atoms with van der Waals surface area (Å²) in [7, 11) is 2.14.